The number of fused-ring (bicyclic) bond motifs is 1. The highest BCUT2D eigenvalue weighted by molar-refractivity contribution is 5.96. The zero-order valence-corrected chi connectivity index (χ0v) is 13.1. The van der Waals surface area contributed by atoms with Crippen LogP contribution < -0.4 is 5.32 Å². The van der Waals surface area contributed by atoms with Crippen molar-refractivity contribution in [3.8, 4) is 0 Å². The standard InChI is InChI=1S/C14H17NO3.C3H8/c1-8-6-13(18-9(8)2)17-7-11-10-4-3-5-12(10)15-14(11)16;1-3-2/h6-7,10,12-13H,2-5H2,1H3,(H,15,16);3H2,1-2H3/b11-7+;. The Bertz CT molecular complexity index is 478. The normalized spacial score (nSPS) is 32.0. The van der Waals surface area contributed by atoms with Gasteiger partial charge in [-0.2, -0.15) is 0 Å². The van der Waals surface area contributed by atoms with Crippen molar-refractivity contribution in [1.29, 1.82) is 0 Å². The topological polar surface area (TPSA) is 47.6 Å². The lowest BCUT2D eigenvalue weighted by molar-refractivity contribution is -0.116. The fourth-order valence-electron chi connectivity index (χ4n) is 2.84. The highest BCUT2D eigenvalue weighted by atomic mass is 16.7. The Morgan fingerprint density at radius 1 is 1.48 bits per heavy atom. The summed E-state index contributed by atoms with van der Waals surface area (Å²) < 4.78 is 10.9. The molecule has 0 bridgehead atoms. The summed E-state index contributed by atoms with van der Waals surface area (Å²) in [5.41, 5.74) is 1.73. The number of nitrogens with one attached hydrogen (secondary N) is 1. The third kappa shape index (κ3) is 3.49. The van der Waals surface area contributed by atoms with E-state index in [4.69, 9.17) is 9.47 Å². The minimum absolute atomic E-state index is 0.00206. The van der Waals surface area contributed by atoms with Gasteiger partial charge < -0.3 is 14.8 Å². The van der Waals surface area contributed by atoms with Gasteiger partial charge in [-0.3, -0.25) is 4.79 Å². The first-order chi connectivity index (χ1) is 10.1. The van der Waals surface area contributed by atoms with Crippen molar-refractivity contribution in [3.63, 3.8) is 0 Å². The molecule has 4 nitrogen and oxygen atoms in total. The highest BCUT2D eigenvalue weighted by Gasteiger charge is 2.40. The van der Waals surface area contributed by atoms with Gasteiger partial charge in [0.15, 0.2) is 0 Å². The molecular formula is C17H25NO3. The van der Waals surface area contributed by atoms with Crippen LogP contribution in [0, 0.1) is 5.92 Å². The van der Waals surface area contributed by atoms with E-state index >= 15 is 0 Å². The summed E-state index contributed by atoms with van der Waals surface area (Å²) in [6.45, 7) is 9.94. The number of hydrogen-bond donors (Lipinski definition) is 1. The molecule has 1 N–H and O–H groups in total. The number of carbonyl (C=O) groups excluding carboxylic acids is 1. The van der Waals surface area contributed by atoms with E-state index < -0.39 is 6.29 Å². The molecule has 0 aromatic heterocycles. The summed E-state index contributed by atoms with van der Waals surface area (Å²) >= 11 is 0. The van der Waals surface area contributed by atoms with E-state index in [2.05, 4.69) is 25.7 Å². The van der Waals surface area contributed by atoms with Crippen LogP contribution >= 0.6 is 0 Å². The molecular weight excluding hydrogens is 266 g/mol. The van der Waals surface area contributed by atoms with Crippen LogP contribution in [0.15, 0.2) is 35.8 Å². The minimum Gasteiger partial charge on any atom is -0.458 e. The number of rotatable bonds is 2. The average Bonchev–Trinajstić information content (AvgIpc) is 3.06. The second kappa shape index (κ2) is 6.83. The Balaban J connectivity index is 0.000000497. The summed E-state index contributed by atoms with van der Waals surface area (Å²) in [5, 5.41) is 3.00. The van der Waals surface area contributed by atoms with Crippen molar-refractivity contribution in [2.75, 3.05) is 0 Å². The predicted molar refractivity (Wildman–Crippen MR) is 82.2 cm³/mol. The Morgan fingerprint density at radius 3 is 2.81 bits per heavy atom. The molecule has 21 heavy (non-hydrogen) atoms. The van der Waals surface area contributed by atoms with Crippen LogP contribution in [-0.4, -0.2) is 18.2 Å². The molecule has 3 unspecified atom stereocenters. The van der Waals surface area contributed by atoms with Gasteiger partial charge in [-0.25, -0.2) is 0 Å². The summed E-state index contributed by atoms with van der Waals surface area (Å²) in [6.07, 6.45) is 7.53. The van der Waals surface area contributed by atoms with E-state index in [0.717, 1.165) is 24.0 Å². The predicted octanol–water partition coefficient (Wildman–Crippen LogP) is 3.42. The van der Waals surface area contributed by atoms with E-state index in [0.29, 0.717) is 17.7 Å². The molecule has 3 atom stereocenters. The zero-order valence-electron chi connectivity index (χ0n) is 13.1. The summed E-state index contributed by atoms with van der Waals surface area (Å²) in [5.74, 6) is 0.947. The Labute approximate surface area is 126 Å². The smallest absolute Gasteiger partial charge is 0.260 e. The molecule has 3 rings (SSSR count). The maximum absolute atomic E-state index is 11.8. The zero-order chi connectivity index (χ0) is 15.4. The number of amides is 1. The van der Waals surface area contributed by atoms with Gasteiger partial charge in [-0.15, -0.1) is 0 Å². The average molecular weight is 291 g/mol. The molecule has 3 aliphatic rings. The first kappa shape index (κ1) is 15.7. The van der Waals surface area contributed by atoms with Crippen LogP contribution in [0.3, 0.4) is 0 Å². The molecule has 1 amide bonds. The molecule has 1 saturated carbocycles. The number of ether oxygens (including phenoxy) is 2. The first-order valence-electron chi connectivity index (χ1n) is 7.77. The van der Waals surface area contributed by atoms with Gasteiger partial charge in [-0.05, 0) is 25.3 Å². The highest BCUT2D eigenvalue weighted by Crippen LogP contribution is 2.36. The van der Waals surface area contributed by atoms with Crippen LogP contribution in [0.25, 0.3) is 0 Å². The van der Waals surface area contributed by atoms with E-state index in [1.807, 2.05) is 13.0 Å². The summed E-state index contributed by atoms with van der Waals surface area (Å²) in [4.78, 5) is 11.8. The number of carbonyl (C=O) groups is 1. The molecule has 4 heteroatoms. The first-order valence-corrected chi connectivity index (χ1v) is 7.77. The lowest BCUT2D eigenvalue weighted by atomic mass is 10.00. The van der Waals surface area contributed by atoms with Gasteiger partial charge >= 0.3 is 0 Å². The van der Waals surface area contributed by atoms with E-state index in [9.17, 15) is 4.79 Å². The molecule has 2 heterocycles. The van der Waals surface area contributed by atoms with Gasteiger partial charge in [0.25, 0.3) is 12.2 Å². The van der Waals surface area contributed by atoms with Gasteiger partial charge in [0.2, 0.25) is 0 Å². The summed E-state index contributed by atoms with van der Waals surface area (Å²) in [7, 11) is 0. The number of hydrogen-bond acceptors (Lipinski definition) is 3. The molecule has 0 radical (unpaired) electrons. The lowest BCUT2D eigenvalue weighted by Crippen LogP contribution is -2.25. The molecule has 116 valence electrons. The van der Waals surface area contributed by atoms with E-state index in [1.54, 1.807) is 6.26 Å². The fraction of sp³-hybridized carbons (Fsp3) is 0.588. The van der Waals surface area contributed by atoms with Gasteiger partial charge in [-0.1, -0.05) is 33.3 Å². The summed E-state index contributed by atoms with van der Waals surface area (Å²) in [6, 6.07) is 0.309. The van der Waals surface area contributed by atoms with Crippen molar-refractivity contribution in [3.05, 3.63) is 35.8 Å². The second-order valence-corrected chi connectivity index (χ2v) is 5.79. The van der Waals surface area contributed by atoms with E-state index in [1.165, 1.54) is 12.8 Å². The SMILES string of the molecule is C=C1OC(O/C=C2/C(=O)NC3CCCC23)C=C1C.CCC. The van der Waals surface area contributed by atoms with Crippen molar-refractivity contribution >= 4 is 5.91 Å². The monoisotopic (exact) mass is 291 g/mol. The van der Waals surface area contributed by atoms with Crippen LogP contribution in [0.5, 0.6) is 0 Å². The molecule has 0 aromatic rings. The molecule has 2 fully saturated rings. The van der Waals surface area contributed by atoms with Crippen LogP contribution in [-0.2, 0) is 14.3 Å². The molecule has 2 aliphatic heterocycles. The van der Waals surface area contributed by atoms with Crippen molar-refractivity contribution in [2.24, 2.45) is 5.92 Å². The number of allylic oxidation sites excluding steroid dienone is 1. The van der Waals surface area contributed by atoms with Gasteiger partial charge in [0.05, 0.1) is 11.8 Å². The Hall–Kier alpha value is -1.71. The maximum atomic E-state index is 11.8. The molecule has 1 saturated heterocycles. The molecule has 0 aromatic carbocycles. The molecule has 0 spiro atoms. The third-order valence-electron chi connectivity index (χ3n) is 3.91. The Morgan fingerprint density at radius 2 is 2.19 bits per heavy atom. The lowest BCUT2D eigenvalue weighted by Gasteiger charge is -2.11. The largest absolute Gasteiger partial charge is 0.458 e. The molecule has 1 aliphatic carbocycles. The van der Waals surface area contributed by atoms with Gasteiger partial charge in [0, 0.05) is 18.0 Å². The van der Waals surface area contributed by atoms with Crippen molar-refractivity contribution in [1.82, 2.24) is 5.32 Å². The van der Waals surface area contributed by atoms with Crippen LogP contribution in [0.1, 0.15) is 46.5 Å². The Kier molecular flexibility index (Phi) is 5.10. The van der Waals surface area contributed by atoms with Crippen molar-refractivity contribution < 1.29 is 14.3 Å². The fourth-order valence-corrected chi connectivity index (χ4v) is 2.84. The van der Waals surface area contributed by atoms with Gasteiger partial charge in [0.1, 0.15) is 5.76 Å². The second-order valence-electron chi connectivity index (χ2n) is 5.79. The van der Waals surface area contributed by atoms with Crippen LogP contribution in [0.4, 0.5) is 0 Å². The van der Waals surface area contributed by atoms with E-state index in [-0.39, 0.29) is 5.91 Å². The minimum atomic E-state index is -0.446. The maximum Gasteiger partial charge on any atom is 0.260 e. The van der Waals surface area contributed by atoms with Crippen molar-refractivity contribution in [2.45, 2.75) is 58.8 Å². The van der Waals surface area contributed by atoms with Crippen LogP contribution in [0.2, 0.25) is 0 Å². The third-order valence-corrected chi connectivity index (χ3v) is 3.91. The quantitative estimate of drug-likeness (QED) is 0.626.